The number of fused-ring (bicyclic) bond motifs is 1. The number of nitrogens with zero attached hydrogens (tertiary/aromatic N) is 3. The maximum Gasteiger partial charge on any atom is 0.329 e. The van der Waals surface area contributed by atoms with Crippen molar-refractivity contribution in [3.8, 4) is 0 Å². The molecule has 1 atom stereocenters. The molecule has 2 N–H and O–H groups in total. The van der Waals surface area contributed by atoms with Gasteiger partial charge in [-0.15, -0.1) is 0 Å². The van der Waals surface area contributed by atoms with Crippen LogP contribution in [0, 0.1) is 5.92 Å². The van der Waals surface area contributed by atoms with Crippen LogP contribution in [-0.4, -0.2) is 72.0 Å². The SMILES string of the molecule is Cn1c(=O)n(C2CCC(=O)NC2=O)c2ccc(N3CCC(OCC4CC(OC5CCNCC5)C4)CC3)cc21. The molecule has 206 valence electrons. The Kier molecular flexibility index (Phi) is 7.29. The van der Waals surface area contributed by atoms with E-state index >= 15 is 0 Å². The Morgan fingerprint density at radius 1 is 0.921 bits per heavy atom. The number of hydrogen-bond acceptors (Lipinski definition) is 7. The van der Waals surface area contributed by atoms with E-state index in [-0.39, 0.29) is 24.1 Å². The lowest BCUT2D eigenvalue weighted by Crippen LogP contribution is -2.44. The summed E-state index contributed by atoms with van der Waals surface area (Å²) in [5.41, 5.74) is 2.35. The van der Waals surface area contributed by atoms with Gasteiger partial charge in [0.05, 0.1) is 29.3 Å². The second-order valence-electron chi connectivity index (χ2n) is 11.4. The third kappa shape index (κ3) is 5.13. The van der Waals surface area contributed by atoms with E-state index in [9.17, 15) is 14.4 Å². The summed E-state index contributed by atoms with van der Waals surface area (Å²) in [6, 6.07) is 5.33. The summed E-state index contributed by atoms with van der Waals surface area (Å²) in [7, 11) is 1.74. The van der Waals surface area contributed by atoms with Gasteiger partial charge in [-0.3, -0.25) is 24.0 Å². The average molecular weight is 526 g/mol. The van der Waals surface area contributed by atoms with Gasteiger partial charge in [-0.2, -0.15) is 0 Å². The van der Waals surface area contributed by atoms with Crippen LogP contribution in [0.5, 0.6) is 0 Å². The van der Waals surface area contributed by atoms with Crippen LogP contribution in [0.25, 0.3) is 11.0 Å². The number of imide groups is 1. The molecule has 1 aromatic carbocycles. The molecule has 2 amide bonds. The number of piperidine rings is 3. The van der Waals surface area contributed by atoms with Crippen LogP contribution >= 0.6 is 0 Å². The number of imidazole rings is 1. The van der Waals surface area contributed by atoms with E-state index in [0.717, 1.165) is 88.0 Å². The first-order valence-corrected chi connectivity index (χ1v) is 14.2. The number of hydrogen-bond donors (Lipinski definition) is 2. The molecule has 4 heterocycles. The van der Waals surface area contributed by atoms with Crippen LogP contribution in [0.1, 0.15) is 57.4 Å². The van der Waals surface area contributed by atoms with E-state index in [1.807, 2.05) is 18.2 Å². The van der Waals surface area contributed by atoms with E-state index in [1.54, 1.807) is 11.6 Å². The molecule has 38 heavy (non-hydrogen) atoms. The predicted molar refractivity (Wildman–Crippen MR) is 143 cm³/mol. The topological polar surface area (TPSA) is 107 Å². The van der Waals surface area contributed by atoms with Gasteiger partial charge in [0.15, 0.2) is 0 Å². The Balaban J connectivity index is 1.01. The summed E-state index contributed by atoms with van der Waals surface area (Å²) in [4.78, 5) is 39.4. The van der Waals surface area contributed by atoms with Crippen LogP contribution < -0.4 is 21.2 Å². The minimum Gasteiger partial charge on any atom is -0.378 e. The largest absolute Gasteiger partial charge is 0.378 e. The van der Waals surface area contributed by atoms with Crippen LogP contribution in [0.3, 0.4) is 0 Å². The first-order valence-electron chi connectivity index (χ1n) is 14.2. The molecule has 1 aliphatic carbocycles. The average Bonchev–Trinajstić information content (AvgIpc) is 3.15. The van der Waals surface area contributed by atoms with Crippen molar-refractivity contribution in [3.05, 3.63) is 28.7 Å². The molecule has 10 nitrogen and oxygen atoms in total. The molecule has 0 spiro atoms. The number of anilines is 1. The van der Waals surface area contributed by atoms with Crippen molar-refractivity contribution in [1.29, 1.82) is 0 Å². The Bertz CT molecular complexity index is 1230. The summed E-state index contributed by atoms with van der Waals surface area (Å²) >= 11 is 0. The number of benzene rings is 1. The maximum absolute atomic E-state index is 13.0. The van der Waals surface area contributed by atoms with Crippen molar-refractivity contribution >= 4 is 28.5 Å². The number of carbonyl (C=O) groups is 2. The Morgan fingerprint density at radius 3 is 2.42 bits per heavy atom. The molecule has 1 saturated carbocycles. The summed E-state index contributed by atoms with van der Waals surface area (Å²) in [5.74, 6) is -0.0710. The first-order chi connectivity index (χ1) is 18.5. The molecule has 1 aromatic heterocycles. The Morgan fingerprint density at radius 2 is 1.68 bits per heavy atom. The van der Waals surface area contributed by atoms with E-state index in [0.29, 0.717) is 24.5 Å². The Labute approximate surface area is 222 Å². The molecule has 1 unspecified atom stereocenters. The quantitative estimate of drug-likeness (QED) is 0.532. The minimum absolute atomic E-state index is 0.238. The van der Waals surface area contributed by atoms with Gasteiger partial charge in [-0.05, 0) is 82.2 Å². The van der Waals surface area contributed by atoms with E-state index in [1.165, 1.54) is 4.57 Å². The molecule has 10 heteroatoms. The zero-order valence-electron chi connectivity index (χ0n) is 22.2. The fourth-order valence-corrected chi connectivity index (χ4v) is 6.46. The molecule has 3 aliphatic heterocycles. The number of nitrogens with one attached hydrogen (secondary N) is 2. The van der Waals surface area contributed by atoms with Crippen LogP contribution in [-0.2, 0) is 26.1 Å². The monoisotopic (exact) mass is 525 g/mol. The molecule has 4 aliphatic rings. The molecule has 3 saturated heterocycles. The van der Waals surface area contributed by atoms with Gasteiger partial charge in [-0.1, -0.05) is 0 Å². The van der Waals surface area contributed by atoms with Gasteiger partial charge in [0.2, 0.25) is 11.8 Å². The number of carbonyl (C=O) groups excluding carboxylic acids is 2. The van der Waals surface area contributed by atoms with Crippen molar-refractivity contribution in [2.24, 2.45) is 13.0 Å². The molecular weight excluding hydrogens is 486 g/mol. The maximum atomic E-state index is 13.0. The predicted octanol–water partition coefficient (Wildman–Crippen LogP) is 1.85. The van der Waals surface area contributed by atoms with Crippen molar-refractivity contribution < 1.29 is 19.1 Å². The zero-order chi connectivity index (χ0) is 26.2. The van der Waals surface area contributed by atoms with E-state index in [2.05, 4.69) is 15.5 Å². The number of amides is 2. The van der Waals surface area contributed by atoms with Crippen LogP contribution in [0.4, 0.5) is 5.69 Å². The van der Waals surface area contributed by atoms with Gasteiger partial charge in [0.1, 0.15) is 6.04 Å². The van der Waals surface area contributed by atoms with Gasteiger partial charge >= 0.3 is 5.69 Å². The molecule has 4 fully saturated rings. The second-order valence-corrected chi connectivity index (χ2v) is 11.4. The normalized spacial score (nSPS) is 27.5. The van der Waals surface area contributed by atoms with Gasteiger partial charge in [0, 0.05) is 38.9 Å². The van der Waals surface area contributed by atoms with Gasteiger partial charge < -0.3 is 19.7 Å². The van der Waals surface area contributed by atoms with Crippen LogP contribution in [0.2, 0.25) is 0 Å². The summed E-state index contributed by atoms with van der Waals surface area (Å²) in [6.07, 6.45) is 8.20. The zero-order valence-corrected chi connectivity index (χ0v) is 22.2. The standard InChI is InChI=1S/C28H39N5O5/c1-31-25-16-19(2-3-23(25)33(28(31)36)24-4-5-26(34)30-27(24)35)32-12-8-20(9-13-32)37-17-18-14-22(15-18)38-21-6-10-29-11-7-21/h2-3,16,18,20-22,24,29H,4-15,17H2,1H3,(H,30,34,35). The van der Waals surface area contributed by atoms with Crippen molar-refractivity contribution in [1.82, 2.24) is 19.8 Å². The summed E-state index contributed by atoms with van der Waals surface area (Å²) < 4.78 is 15.7. The minimum atomic E-state index is -0.662. The lowest BCUT2D eigenvalue weighted by Gasteiger charge is -2.40. The second kappa shape index (κ2) is 10.8. The van der Waals surface area contributed by atoms with Crippen molar-refractivity contribution in [3.63, 3.8) is 0 Å². The lowest BCUT2D eigenvalue weighted by atomic mass is 9.82. The molecule has 6 rings (SSSR count). The first kappa shape index (κ1) is 25.6. The smallest absolute Gasteiger partial charge is 0.329 e. The number of aromatic nitrogens is 2. The number of rotatable bonds is 7. The molecule has 0 bridgehead atoms. The highest BCUT2D eigenvalue weighted by atomic mass is 16.5. The Hall–Kier alpha value is -2.69. The summed E-state index contributed by atoms with van der Waals surface area (Å²) in [6.45, 7) is 4.79. The summed E-state index contributed by atoms with van der Waals surface area (Å²) in [5, 5.41) is 5.75. The molecular formula is C28H39N5O5. The molecule has 2 aromatic rings. The lowest BCUT2D eigenvalue weighted by molar-refractivity contribution is -0.135. The van der Waals surface area contributed by atoms with Crippen LogP contribution in [0.15, 0.2) is 23.0 Å². The highest BCUT2D eigenvalue weighted by Gasteiger charge is 2.34. The highest BCUT2D eigenvalue weighted by Crippen LogP contribution is 2.33. The van der Waals surface area contributed by atoms with E-state index in [4.69, 9.17) is 9.47 Å². The van der Waals surface area contributed by atoms with Gasteiger partial charge in [-0.25, -0.2) is 4.79 Å². The van der Waals surface area contributed by atoms with Crippen molar-refractivity contribution in [2.45, 2.75) is 75.7 Å². The fourth-order valence-electron chi connectivity index (χ4n) is 6.46. The van der Waals surface area contributed by atoms with E-state index < -0.39 is 11.9 Å². The number of ether oxygens (including phenoxy) is 2. The molecule has 0 radical (unpaired) electrons. The number of aryl methyl sites for hydroxylation is 1. The van der Waals surface area contributed by atoms with Gasteiger partial charge in [0.25, 0.3) is 0 Å². The highest BCUT2D eigenvalue weighted by molar-refractivity contribution is 6.00. The third-order valence-corrected chi connectivity index (χ3v) is 8.83. The third-order valence-electron chi connectivity index (χ3n) is 8.83. The fraction of sp³-hybridized carbons (Fsp3) is 0.679. The van der Waals surface area contributed by atoms with Crippen molar-refractivity contribution in [2.75, 3.05) is 37.7 Å².